The third-order valence-corrected chi connectivity index (χ3v) is 4.50. The maximum atomic E-state index is 13.1. The van der Waals surface area contributed by atoms with E-state index in [0.29, 0.717) is 11.1 Å². The quantitative estimate of drug-likeness (QED) is 0.632. The molecule has 3 aromatic carbocycles. The van der Waals surface area contributed by atoms with Gasteiger partial charge in [0, 0.05) is 0 Å². The maximum Gasteiger partial charge on any atom is 0.416 e. The van der Waals surface area contributed by atoms with Crippen LogP contribution >= 0.6 is 0 Å². The Kier molecular flexibility index (Phi) is 6.39. The summed E-state index contributed by atoms with van der Waals surface area (Å²) in [6.07, 6.45) is -8.83. The Morgan fingerprint density at radius 1 is 0.931 bits per heavy atom. The molecule has 0 bridgehead atoms. The van der Waals surface area contributed by atoms with Crippen molar-refractivity contribution in [2.24, 2.45) is 0 Å². The van der Waals surface area contributed by atoms with Gasteiger partial charge in [0.25, 0.3) is 0 Å². The van der Waals surface area contributed by atoms with E-state index in [1.54, 1.807) is 48.5 Å². The van der Waals surface area contributed by atoms with Gasteiger partial charge in [-0.1, -0.05) is 72.8 Å². The largest absolute Gasteiger partial charge is 0.445 e. The number of hydrogen-bond donors (Lipinski definition) is 2. The van der Waals surface area contributed by atoms with Crippen molar-refractivity contribution in [3.8, 4) is 0 Å². The summed E-state index contributed by atoms with van der Waals surface area (Å²) in [7, 11) is 0. The lowest BCUT2D eigenvalue weighted by molar-refractivity contribution is -0.211. The minimum Gasteiger partial charge on any atom is -0.445 e. The molecule has 2 N–H and O–H groups in total. The lowest BCUT2D eigenvalue weighted by atomic mass is 9.98. The maximum absolute atomic E-state index is 13.1. The van der Waals surface area contributed by atoms with Crippen molar-refractivity contribution in [1.82, 2.24) is 5.32 Å². The minimum absolute atomic E-state index is 0.0858. The molecule has 0 fully saturated rings. The molecule has 0 unspecified atom stereocenters. The van der Waals surface area contributed by atoms with Crippen LogP contribution in [0.4, 0.5) is 18.0 Å². The van der Waals surface area contributed by atoms with E-state index >= 15 is 0 Å². The summed E-state index contributed by atoms with van der Waals surface area (Å²) in [6.45, 7) is -0.0858. The van der Waals surface area contributed by atoms with Crippen molar-refractivity contribution in [3.63, 3.8) is 0 Å². The molecule has 0 spiro atoms. The fraction of sp³-hybridized carbons (Fsp3) is 0.227. The van der Waals surface area contributed by atoms with Crippen LogP contribution in [0.2, 0.25) is 0 Å². The highest BCUT2D eigenvalue weighted by atomic mass is 19.4. The van der Waals surface area contributed by atoms with Gasteiger partial charge >= 0.3 is 12.3 Å². The number of rotatable bonds is 6. The van der Waals surface area contributed by atoms with Gasteiger partial charge < -0.3 is 15.2 Å². The molecule has 4 nitrogen and oxygen atoms in total. The topological polar surface area (TPSA) is 58.6 Å². The number of alkyl carbamates (subject to hydrolysis) is 1. The molecular formula is C22H20F3NO3. The van der Waals surface area contributed by atoms with Crippen LogP contribution in [-0.4, -0.2) is 29.5 Å². The number of carbonyl (C=O) groups is 1. The molecule has 7 heteroatoms. The van der Waals surface area contributed by atoms with E-state index in [1.165, 1.54) is 0 Å². The second kappa shape index (κ2) is 8.96. The number of aliphatic hydroxyl groups excluding tert-OH is 1. The molecule has 1 amide bonds. The van der Waals surface area contributed by atoms with Crippen molar-refractivity contribution >= 4 is 16.9 Å². The summed E-state index contributed by atoms with van der Waals surface area (Å²) in [5.41, 5.74) is 1.26. The molecule has 2 atom stereocenters. The Morgan fingerprint density at radius 2 is 1.59 bits per heavy atom. The number of fused-ring (bicyclic) bond motifs is 1. The Morgan fingerprint density at radius 3 is 2.28 bits per heavy atom. The lowest BCUT2D eigenvalue weighted by Crippen LogP contribution is -2.51. The van der Waals surface area contributed by atoms with Crippen molar-refractivity contribution in [1.29, 1.82) is 0 Å². The first-order valence-corrected chi connectivity index (χ1v) is 9.02. The number of benzene rings is 3. The van der Waals surface area contributed by atoms with Gasteiger partial charge in [-0.15, -0.1) is 0 Å². The molecule has 152 valence electrons. The van der Waals surface area contributed by atoms with Gasteiger partial charge in [0.2, 0.25) is 0 Å². The fourth-order valence-corrected chi connectivity index (χ4v) is 3.01. The molecule has 0 saturated heterocycles. The Labute approximate surface area is 165 Å². The van der Waals surface area contributed by atoms with Crippen molar-refractivity contribution in [3.05, 3.63) is 83.9 Å². The summed E-state index contributed by atoms with van der Waals surface area (Å²) in [5.74, 6) is 0. The smallest absolute Gasteiger partial charge is 0.416 e. The molecular weight excluding hydrogens is 383 g/mol. The van der Waals surface area contributed by atoms with E-state index in [0.717, 1.165) is 10.8 Å². The molecule has 0 aliphatic rings. The van der Waals surface area contributed by atoms with Crippen molar-refractivity contribution in [2.45, 2.75) is 31.3 Å². The Balaban J connectivity index is 1.72. The average molecular weight is 403 g/mol. The molecule has 0 aromatic heterocycles. The number of ether oxygens (including phenoxy) is 1. The highest BCUT2D eigenvalue weighted by Crippen LogP contribution is 2.25. The van der Waals surface area contributed by atoms with Crippen molar-refractivity contribution in [2.75, 3.05) is 0 Å². The van der Waals surface area contributed by atoms with Crippen LogP contribution in [-0.2, 0) is 17.8 Å². The van der Waals surface area contributed by atoms with Gasteiger partial charge in [-0.2, -0.15) is 13.2 Å². The number of aliphatic hydroxyl groups is 1. The third-order valence-electron chi connectivity index (χ3n) is 4.50. The predicted molar refractivity (Wildman–Crippen MR) is 103 cm³/mol. The number of nitrogens with one attached hydrogen (secondary N) is 1. The number of carbonyl (C=O) groups excluding carboxylic acids is 1. The highest BCUT2D eigenvalue weighted by molar-refractivity contribution is 5.83. The number of alkyl halides is 3. The molecule has 0 aliphatic heterocycles. The summed E-state index contributed by atoms with van der Waals surface area (Å²) in [4.78, 5) is 12.0. The number of halogens is 3. The summed E-state index contributed by atoms with van der Waals surface area (Å²) in [5, 5.41) is 13.7. The zero-order valence-corrected chi connectivity index (χ0v) is 15.4. The van der Waals surface area contributed by atoms with E-state index in [1.807, 2.05) is 24.3 Å². The van der Waals surface area contributed by atoms with Crippen LogP contribution in [0.3, 0.4) is 0 Å². The van der Waals surface area contributed by atoms with Gasteiger partial charge in [0.1, 0.15) is 6.61 Å². The van der Waals surface area contributed by atoms with E-state index in [2.05, 4.69) is 5.32 Å². The van der Waals surface area contributed by atoms with Gasteiger partial charge in [0.05, 0.1) is 6.04 Å². The SMILES string of the molecule is O=C(N[C@@H](Cc1ccc2ccccc2c1)[C@H](O)C(F)(F)F)OCc1ccccc1. The lowest BCUT2D eigenvalue weighted by Gasteiger charge is -2.26. The van der Waals surface area contributed by atoms with Gasteiger partial charge in [0.15, 0.2) is 6.10 Å². The van der Waals surface area contributed by atoms with Gasteiger partial charge in [-0.3, -0.25) is 0 Å². The number of amides is 1. The van der Waals surface area contributed by atoms with E-state index < -0.39 is 24.4 Å². The van der Waals surface area contributed by atoms with Crippen LogP contribution < -0.4 is 5.32 Å². The Hall–Kier alpha value is -3.06. The van der Waals surface area contributed by atoms with Crippen LogP contribution in [0.5, 0.6) is 0 Å². The first-order valence-electron chi connectivity index (χ1n) is 9.02. The molecule has 29 heavy (non-hydrogen) atoms. The summed E-state index contributed by atoms with van der Waals surface area (Å²) < 4.78 is 44.3. The first kappa shape index (κ1) is 20.7. The van der Waals surface area contributed by atoms with Crippen LogP contribution in [0.15, 0.2) is 72.8 Å². The molecule has 0 saturated carbocycles. The number of hydrogen-bond acceptors (Lipinski definition) is 3. The molecule has 0 heterocycles. The van der Waals surface area contributed by atoms with Crippen LogP contribution in [0, 0.1) is 0 Å². The van der Waals surface area contributed by atoms with Crippen LogP contribution in [0.1, 0.15) is 11.1 Å². The standard InChI is InChI=1S/C22H20F3NO3/c23-22(24,25)20(27)19(26-21(28)29-14-15-6-2-1-3-7-15)13-16-10-11-17-8-4-5-9-18(17)12-16/h1-12,19-20,27H,13-14H2,(H,26,28)/t19-,20-/m0/s1. The van der Waals surface area contributed by atoms with Gasteiger partial charge in [-0.25, -0.2) is 4.79 Å². The molecule has 0 radical (unpaired) electrons. The average Bonchev–Trinajstić information content (AvgIpc) is 2.71. The molecule has 3 rings (SSSR count). The monoisotopic (exact) mass is 403 g/mol. The summed E-state index contributed by atoms with van der Waals surface area (Å²) in [6, 6.07) is 19.8. The fourth-order valence-electron chi connectivity index (χ4n) is 3.01. The third kappa shape index (κ3) is 5.71. The molecule has 0 aliphatic carbocycles. The first-order chi connectivity index (χ1) is 13.8. The minimum atomic E-state index is -4.88. The zero-order chi connectivity index (χ0) is 20.9. The highest BCUT2D eigenvalue weighted by Gasteiger charge is 2.44. The summed E-state index contributed by atoms with van der Waals surface area (Å²) >= 11 is 0. The van der Waals surface area contributed by atoms with Crippen molar-refractivity contribution < 1.29 is 27.8 Å². The normalized spacial score (nSPS) is 13.7. The van der Waals surface area contributed by atoms with E-state index in [9.17, 15) is 23.1 Å². The van der Waals surface area contributed by atoms with Crippen LogP contribution in [0.25, 0.3) is 10.8 Å². The van der Waals surface area contributed by atoms with E-state index in [-0.39, 0.29) is 13.0 Å². The molecule has 3 aromatic rings. The second-order valence-electron chi connectivity index (χ2n) is 6.68. The van der Waals surface area contributed by atoms with Gasteiger partial charge in [-0.05, 0) is 28.3 Å². The Bertz CT molecular complexity index is 960. The zero-order valence-electron chi connectivity index (χ0n) is 15.4. The predicted octanol–water partition coefficient (Wildman–Crippen LogP) is 4.60. The second-order valence-corrected chi connectivity index (χ2v) is 6.68. The van der Waals surface area contributed by atoms with E-state index in [4.69, 9.17) is 4.74 Å².